The van der Waals surface area contributed by atoms with Gasteiger partial charge in [0.15, 0.2) is 4.90 Å². The fourth-order valence-corrected chi connectivity index (χ4v) is 4.78. The van der Waals surface area contributed by atoms with E-state index in [0.29, 0.717) is 6.54 Å². The van der Waals surface area contributed by atoms with Crippen LogP contribution in [0.2, 0.25) is 0 Å². The third kappa shape index (κ3) is 2.99. The van der Waals surface area contributed by atoms with Gasteiger partial charge in [-0.1, -0.05) is 12.1 Å². The molecule has 1 aromatic carbocycles. The van der Waals surface area contributed by atoms with Gasteiger partial charge in [-0.2, -0.15) is 4.31 Å². The molecule has 2 aliphatic rings. The van der Waals surface area contributed by atoms with Gasteiger partial charge >= 0.3 is 0 Å². The Labute approximate surface area is 129 Å². The van der Waals surface area contributed by atoms with Crippen molar-refractivity contribution in [1.29, 1.82) is 0 Å². The maximum absolute atomic E-state index is 12.9. The summed E-state index contributed by atoms with van der Waals surface area (Å²) in [7, 11) is -3.85. The van der Waals surface area contributed by atoms with E-state index in [1.807, 2.05) is 0 Å². The molecule has 2 fully saturated rings. The van der Waals surface area contributed by atoms with Crippen LogP contribution in [-0.4, -0.2) is 42.8 Å². The number of hydrogen-bond acceptors (Lipinski definition) is 5. The largest absolute Gasteiger partial charge is 0.313 e. The molecule has 1 saturated carbocycles. The molecule has 0 aromatic heterocycles. The van der Waals surface area contributed by atoms with Crippen molar-refractivity contribution in [3.05, 3.63) is 34.4 Å². The van der Waals surface area contributed by atoms with Gasteiger partial charge in [0.2, 0.25) is 10.0 Å². The molecule has 8 heteroatoms. The molecule has 120 valence electrons. The second-order valence-corrected chi connectivity index (χ2v) is 7.68. The van der Waals surface area contributed by atoms with Crippen LogP contribution in [0.3, 0.4) is 0 Å². The fourth-order valence-electron chi connectivity index (χ4n) is 2.89. The van der Waals surface area contributed by atoms with E-state index < -0.39 is 14.9 Å². The molecule has 1 aromatic rings. The van der Waals surface area contributed by atoms with Crippen molar-refractivity contribution in [2.75, 3.05) is 13.1 Å². The summed E-state index contributed by atoms with van der Waals surface area (Å²) in [5.41, 5.74) is -0.354. The van der Waals surface area contributed by atoms with Gasteiger partial charge < -0.3 is 5.32 Å². The number of nitrogens with one attached hydrogen (secondary N) is 1. The predicted molar refractivity (Wildman–Crippen MR) is 81.0 cm³/mol. The second kappa shape index (κ2) is 5.94. The minimum Gasteiger partial charge on any atom is -0.313 e. The number of hydrogen-bond donors (Lipinski definition) is 1. The lowest BCUT2D eigenvalue weighted by molar-refractivity contribution is -0.387. The Morgan fingerprint density at radius 3 is 2.59 bits per heavy atom. The summed E-state index contributed by atoms with van der Waals surface area (Å²) >= 11 is 0. The van der Waals surface area contributed by atoms with Crippen molar-refractivity contribution in [3.8, 4) is 0 Å². The van der Waals surface area contributed by atoms with E-state index in [4.69, 9.17) is 0 Å². The number of nitro groups is 1. The topological polar surface area (TPSA) is 92.5 Å². The van der Waals surface area contributed by atoms with E-state index in [2.05, 4.69) is 5.32 Å². The molecule has 0 bridgehead atoms. The molecule has 3 rings (SSSR count). The second-order valence-electron chi connectivity index (χ2n) is 5.82. The quantitative estimate of drug-likeness (QED) is 0.632. The van der Waals surface area contributed by atoms with Crippen LogP contribution in [0.4, 0.5) is 5.69 Å². The fraction of sp³-hybridized carbons (Fsp3) is 0.571. The van der Waals surface area contributed by atoms with Gasteiger partial charge in [-0.05, 0) is 38.3 Å². The van der Waals surface area contributed by atoms with Gasteiger partial charge in [0.05, 0.1) is 4.92 Å². The molecule has 0 radical (unpaired) electrons. The molecule has 0 spiro atoms. The average molecular weight is 325 g/mol. The number of nitro benzene ring substituents is 1. The zero-order valence-electron chi connectivity index (χ0n) is 12.1. The van der Waals surface area contributed by atoms with Crippen molar-refractivity contribution in [1.82, 2.24) is 9.62 Å². The van der Waals surface area contributed by atoms with E-state index in [0.717, 1.165) is 32.2 Å². The van der Waals surface area contributed by atoms with Crippen molar-refractivity contribution >= 4 is 15.7 Å². The molecule has 22 heavy (non-hydrogen) atoms. The number of benzene rings is 1. The van der Waals surface area contributed by atoms with Crippen LogP contribution in [0.1, 0.15) is 25.7 Å². The number of sulfonamides is 1. The lowest BCUT2D eigenvalue weighted by Crippen LogP contribution is -2.42. The lowest BCUT2D eigenvalue weighted by atomic mass is 10.2. The minimum absolute atomic E-state index is 0.0211. The van der Waals surface area contributed by atoms with Crippen LogP contribution in [0, 0.1) is 10.1 Å². The van der Waals surface area contributed by atoms with E-state index in [1.54, 1.807) is 0 Å². The molecule has 1 atom stereocenters. The van der Waals surface area contributed by atoms with E-state index in [-0.39, 0.29) is 22.7 Å². The zero-order chi connectivity index (χ0) is 15.7. The number of para-hydroxylation sites is 1. The van der Waals surface area contributed by atoms with Gasteiger partial charge in [-0.15, -0.1) is 0 Å². The van der Waals surface area contributed by atoms with Gasteiger partial charge in [-0.25, -0.2) is 8.42 Å². The molecular formula is C14H19N3O4S. The maximum atomic E-state index is 12.9. The summed E-state index contributed by atoms with van der Waals surface area (Å²) < 4.78 is 27.3. The first-order valence-electron chi connectivity index (χ1n) is 7.49. The first kappa shape index (κ1) is 15.4. The van der Waals surface area contributed by atoms with Gasteiger partial charge in [0, 0.05) is 24.7 Å². The third-order valence-corrected chi connectivity index (χ3v) is 6.13. The molecule has 0 amide bonds. The van der Waals surface area contributed by atoms with Crippen molar-refractivity contribution in [2.24, 2.45) is 0 Å². The predicted octanol–water partition coefficient (Wildman–Crippen LogP) is 1.50. The Morgan fingerprint density at radius 1 is 1.27 bits per heavy atom. The Balaban J connectivity index is 1.93. The van der Waals surface area contributed by atoms with Gasteiger partial charge in [0.25, 0.3) is 5.69 Å². The highest BCUT2D eigenvalue weighted by Crippen LogP contribution is 2.35. The molecule has 1 saturated heterocycles. The molecule has 1 N–H and O–H groups in total. The summed E-state index contributed by atoms with van der Waals surface area (Å²) in [5, 5.41) is 14.4. The summed E-state index contributed by atoms with van der Waals surface area (Å²) in [5.74, 6) is 0. The molecule has 1 heterocycles. The van der Waals surface area contributed by atoms with Crippen LogP contribution in [0.5, 0.6) is 0 Å². The molecule has 1 aliphatic carbocycles. The molecule has 7 nitrogen and oxygen atoms in total. The lowest BCUT2D eigenvalue weighted by Gasteiger charge is -2.25. The van der Waals surface area contributed by atoms with E-state index >= 15 is 0 Å². The number of rotatable bonds is 6. The monoisotopic (exact) mass is 325 g/mol. The highest BCUT2D eigenvalue weighted by atomic mass is 32.2. The zero-order valence-corrected chi connectivity index (χ0v) is 13.0. The maximum Gasteiger partial charge on any atom is 0.289 e. The van der Waals surface area contributed by atoms with Crippen LogP contribution in [-0.2, 0) is 10.0 Å². The summed E-state index contributed by atoms with van der Waals surface area (Å²) in [4.78, 5) is 10.3. The van der Waals surface area contributed by atoms with Crippen molar-refractivity contribution < 1.29 is 13.3 Å². The van der Waals surface area contributed by atoms with E-state index in [9.17, 15) is 18.5 Å². The normalized spacial score (nSPS) is 22.1. The molecule has 1 unspecified atom stereocenters. The minimum atomic E-state index is -3.85. The standard InChI is InChI=1S/C14H19N3O4S/c18-17(19)13-5-1-2-6-14(13)22(20,21)16(12-7-8-12)10-11-4-3-9-15-11/h1-2,5-6,11-12,15H,3-4,7-10H2. The SMILES string of the molecule is O=[N+]([O-])c1ccccc1S(=O)(=O)N(CC1CCCN1)C1CC1. The summed E-state index contributed by atoms with van der Waals surface area (Å²) in [6, 6.07) is 5.69. The van der Waals surface area contributed by atoms with E-state index in [1.165, 1.54) is 28.6 Å². The highest BCUT2D eigenvalue weighted by Gasteiger charge is 2.41. The first-order chi connectivity index (χ1) is 10.5. The average Bonchev–Trinajstić information content (AvgIpc) is 3.20. The van der Waals surface area contributed by atoms with Crippen LogP contribution in [0.25, 0.3) is 0 Å². The first-order valence-corrected chi connectivity index (χ1v) is 8.93. The smallest absolute Gasteiger partial charge is 0.289 e. The van der Waals surface area contributed by atoms with Crippen molar-refractivity contribution in [3.63, 3.8) is 0 Å². The van der Waals surface area contributed by atoms with Crippen LogP contribution in [0.15, 0.2) is 29.2 Å². The van der Waals surface area contributed by atoms with Gasteiger partial charge in [0.1, 0.15) is 0 Å². The Bertz CT molecular complexity index is 666. The third-order valence-electron chi connectivity index (χ3n) is 4.17. The summed E-state index contributed by atoms with van der Waals surface area (Å²) in [6.07, 6.45) is 3.63. The summed E-state index contributed by atoms with van der Waals surface area (Å²) in [6.45, 7) is 1.29. The highest BCUT2D eigenvalue weighted by molar-refractivity contribution is 7.89. The van der Waals surface area contributed by atoms with Crippen LogP contribution < -0.4 is 5.32 Å². The van der Waals surface area contributed by atoms with Crippen molar-refractivity contribution in [2.45, 2.75) is 42.7 Å². The Hall–Kier alpha value is -1.51. The number of nitrogens with zero attached hydrogens (tertiary/aromatic N) is 2. The van der Waals surface area contributed by atoms with Gasteiger partial charge in [-0.3, -0.25) is 10.1 Å². The Morgan fingerprint density at radius 2 is 2.00 bits per heavy atom. The molecule has 1 aliphatic heterocycles. The van der Waals surface area contributed by atoms with Crippen LogP contribution >= 0.6 is 0 Å². The molecular weight excluding hydrogens is 306 g/mol. The Kier molecular flexibility index (Phi) is 4.16.